The van der Waals surface area contributed by atoms with Crippen molar-refractivity contribution in [2.45, 2.75) is 18.4 Å². The van der Waals surface area contributed by atoms with Crippen LogP contribution >= 0.6 is 0 Å². The molecule has 1 fully saturated rings. The lowest BCUT2D eigenvalue weighted by Crippen LogP contribution is -2.50. The van der Waals surface area contributed by atoms with Crippen LogP contribution in [0.15, 0.2) is 48.5 Å². The van der Waals surface area contributed by atoms with Gasteiger partial charge in [-0.25, -0.2) is 9.18 Å². The number of ether oxygens (including phenoxy) is 2. The Labute approximate surface area is 163 Å². The number of nitriles is 1. The van der Waals surface area contributed by atoms with Gasteiger partial charge in [-0.1, -0.05) is 18.2 Å². The minimum Gasteiger partial charge on any atom is -0.491 e. The zero-order valence-electron chi connectivity index (χ0n) is 15.4. The summed E-state index contributed by atoms with van der Waals surface area (Å²) < 4.78 is 23.0. The standard InChI is InChI=1S/C21H22FN3O3/c22-9-12-28-19-6-2-5-18(14-19)24-20(26)25-21(7-10-27-11-8-21)17-4-1-3-16(13-17)15-23/h1-6,13-14H,7-12H2,(H2,24,25,26). The van der Waals surface area contributed by atoms with Crippen molar-refractivity contribution in [2.24, 2.45) is 0 Å². The van der Waals surface area contributed by atoms with Gasteiger partial charge >= 0.3 is 6.03 Å². The van der Waals surface area contributed by atoms with Crippen molar-refractivity contribution >= 4 is 11.7 Å². The molecule has 146 valence electrons. The first-order chi connectivity index (χ1) is 13.6. The highest BCUT2D eigenvalue weighted by atomic mass is 19.1. The minimum absolute atomic E-state index is 0.0337. The molecule has 1 heterocycles. The number of benzene rings is 2. The second kappa shape index (κ2) is 9.20. The highest BCUT2D eigenvalue weighted by Gasteiger charge is 2.36. The highest BCUT2D eigenvalue weighted by molar-refractivity contribution is 5.90. The van der Waals surface area contributed by atoms with Crippen molar-refractivity contribution in [1.82, 2.24) is 5.32 Å². The third kappa shape index (κ3) is 4.78. The smallest absolute Gasteiger partial charge is 0.319 e. The van der Waals surface area contributed by atoms with Gasteiger partial charge in [0.2, 0.25) is 0 Å². The molecular formula is C21H22FN3O3. The monoisotopic (exact) mass is 383 g/mol. The Bertz CT molecular complexity index is 860. The Kier molecular flexibility index (Phi) is 6.45. The van der Waals surface area contributed by atoms with Crippen molar-refractivity contribution in [3.63, 3.8) is 0 Å². The van der Waals surface area contributed by atoms with E-state index in [0.717, 1.165) is 5.56 Å². The van der Waals surface area contributed by atoms with E-state index in [1.807, 2.05) is 12.1 Å². The van der Waals surface area contributed by atoms with Crippen molar-refractivity contribution in [3.8, 4) is 11.8 Å². The Morgan fingerprint density at radius 2 is 2.00 bits per heavy atom. The molecule has 28 heavy (non-hydrogen) atoms. The van der Waals surface area contributed by atoms with Gasteiger partial charge in [0.1, 0.15) is 19.0 Å². The van der Waals surface area contributed by atoms with Crippen LogP contribution in [-0.4, -0.2) is 32.5 Å². The molecule has 0 aliphatic carbocycles. The maximum Gasteiger partial charge on any atom is 0.319 e. The first kappa shape index (κ1) is 19.6. The van der Waals surface area contributed by atoms with E-state index in [2.05, 4.69) is 16.7 Å². The van der Waals surface area contributed by atoms with Crippen LogP contribution in [0.25, 0.3) is 0 Å². The van der Waals surface area contributed by atoms with E-state index < -0.39 is 12.2 Å². The minimum atomic E-state index is -0.614. The molecule has 0 saturated carbocycles. The van der Waals surface area contributed by atoms with Gasteiger partial charge in [-0.3, -0.25) is 0 Å². The average molecular weight is 383 g/mol. The van der Waals surface area contributed by atoms with Gasteiger partial charge < -0.3 is 20.1 Å². The number of nitrogens with one attached hydrogen (secondary N) is 2. The molecule has 0 spiro atoms. The predicted octanol–water partition coefficient (Wildman–Crippen LogP) is 3.73. The van der Waals surface area contributed by atoms with Crippen LogP contribution < -0.4 is 15.4 Å². The Morgan fingerprint density at radius 1 is 1.21 bits per heavy atom. The van der Waals surface area contributed by atoms with Crippen molar-refractivity contribution in [1.29, 1.82) is 5.26 Å². The number of anilines is 1. The fourth-order valence-corrected chi connectivity index (χ4v) is 3.29. The summed E-state index contributed by atoms with van der Waals surface area (Å²) >= 11 is 0. The summed E-state index contributed by atoms with van der Waals surface area (Å²) in [5.41, 5.74) is 1.35. The fraction of sp³-hybridized carbons (Fsp3) is 0.333. The molecular weight excluding hydrogens is 361 g/mol. The third-order valence-corrected chi connectivity index (χ3v) is 4.68. The number of carbonyl (C=O) groups is 1. The summed E-state index contributed by atoms with van der Waals surface area (Å²) in [6.45, 7) is 0.422. The summed E-state index contributed by atoms with van der Waals surface area (Å²) in [6.07, 6.45) is 1.21. The molecule has 1 aliphatic rings. The molecule has 3 rings (SSSR count). The summed E-state index contributed by atoms with van der Waals surface area (Å²) in [4.78, 5) is 12.7. The molecule has 1 aliphatic heterocycles. The van der Waals surface area contributed by atoms with E-state index in [0.29, 0.717) is 43.1 Å². The van der Waals surface area contributed by atoms with Crippen molar-refractivity contribution in [3.05, 3.63) is 59.7 Å². The van der Waals surface area contributed by atoms with Crippen LogP contribution in [0.2, 0.25) is 0 Å². The Balaban J connectivity index is 1.76. The summed E-state index contributed by atoms with van der Waals surface area (Å²) in [7, 11) is 0. The van der Waals surface area contributed by atoms with Crippen molar-refractivity contribution in [2.75, 3.05) is 31.8 Å². The Hall–Kier alpha value is -3.11. The van der Waals surface area contributed by atoms with Gasteiger partial charge in [0.05, 0.1) is 17.2 Å². The molecule has 7 heteroatoms. The largest absolute Gasteiger partial charge is 0.491 e. The number of urea groups is 1. The van der Waals surface area contributed by atoms with E-state index in [1.54, 1.807) is 36.4 Å². The fourth-order valence-electron chi connectivity index (χ4n) is 3.29. The molecule has 2 amide bonds. The number of halogens is 1. The molecule has 0 radical (unpaired) electrons. The highest BCUT2D eigenvalue weighted by Crippen LogP contribution is 2.33. The van der Waals surface area contributed by atoms with Gasteiger partial charge in [0.15, 0.2) is 0 Å². The van der Waals surface area contributed by atoms with Gasteiger partial charge in [0.25, 0.3) is 0 Å². The zero-order chi connectivity index (χ0) is 19.8. The number of hydrogen-bond donors (Lipinski definition) is 2. The molecule has 6 nitrogen and oxygen atoms in total. The Morgan fingerprint density at radius 3 is 2.75 bits per heavy atom. The number of rotatable bonds is 6. The quantitative estimate of drug-likeness (QED) is 0.796. The van der Waals surface area contributed by atoms with E-state index in [9.17, 15) is 14.4 Å². The number of hydrogen-bond acceptors (Lipinski definition) is 4. The summed E-state index contributed by atoms with van der Waals surface area (Å²) in [6, 6.07) is 15.8. The molecule has 2 aromatic carbocycles. The van der Waals surface area contributed by atoms with Crippen molar-refractivity contribution < 1.29 is 18.7 Å². The number of alkyl halides is 1. The van der Waals surface area contributed by atoms with Gasteiger partial charge in [-0.2, -0.15) is 5.26 Å². The van der Waals surface area contributed by atoms with Crippen LogP contribution in [0.1, 0.15) is 24.0 Å². The zero-order valence-corrected chi connectivity index (χ0v) is 15.4. The molecule has 2 aromatic rings. The molecule has 0 bridgehead atoms. The SMILES string of the molecule is N#Cc1cccc(C2(NC(=O)Nc3cccc(OCCF)c3)CCOCC2)c1. The van der Waals surface area contributed by atoms with E-state index in [4.69, 9.17) is 9.47 Å². The summed E-state index contributed by atoms with van der Waals surface area (Å²) in [5, 5.41) is 15.1. The van der Waals surface area contributed by atoms with E-state index in [-0.39, 0.29) is 12.6 Å². The lowest BCUT2D eigenvalue weighted by Gasteiger charge is -2.38. The maximum atomic E-state index is 12.7. The number of carbonyl (C=O) groups excluding carboxylic acids is 1. The first-order valence-electron chi connectivity index (χ1n) is 9.11. The number of amides is 2. The van der Waals surface area contributed by atoms with Crippen LogP contribution in [0.5, 0.6) is 5.75 Å². The topological polar surface area (TPSA) is 83.4 Å². The molecule has 0 aromatic heterocycles. The molecule has 1 saturated heterocycles. The normalized spacial score (nSPS) is 15.3. The molecule has 2 N–H and O–H groups in total. The van der Waals surface area contributed by atoms with Gasteiger partial charge in [-0.05, 0) is 42.7 Å². The van der Waals surface area contributed by atoms with Crippen LogP contribution in [0.3, 0.4) is 0 Å². The van der Waals surface area contributed by atoms with Crippen LogP contribution in [-0.2, 0) is 10.3 Å². The number of nitrogens with zero attached hydrogens (tertiary/aromatic N) is 1. The maximum absolute atomic E-state index is 12.7. The van der Waals surface area contributed by atoms with Crippen LogP contribution in [0, 0.1) is 11.3 Å². The van der Waals surface area contributed by atoms with E-state index in [1.165, 1.54) is 0 Å². The lowest BCUT2D eigenvalue weighted by atomic mass is 9.82. The predicted molar refractivity (Wildman–Crippen MR) is 103 cm³/mol. The molecule has 0 atom stereocenters. The molecule has 0 unspecified atom stereocenters. The second-order valence-corrected chi connectivity index (χ2v) is 6.53. The lowest BCUT2D eigenvalue weighted by molar-refractivity contribution is 0.0418. The first-order valence-corrected chi connectivity index (χ1v) is 9.11. The van der Waals surface area contributed by atoms with E-state index >= 15 is 0 Å². The van der Waals surface area contributed by atoms with Gasteiger partial charge in [-0.15, -0.1) is 0 Å². The summed E-state index contributed by atoms with van der Waals surface area (Å²) in [5.74, 6) is 0.484. The third-order valence-electron chi connectivity index (χ3n) is 4.68. The van der Waals surface area contributed by atoms with Gasteiger partial charge in [0, 0.05) is 25.0 Å². The van der Waals surface area contributed by atoms with Crippen LogP contribution in [0.4, 0.5) is 14.9 Å². The average Bonchev–Trinajstić information content (AvgIpc) is 2.73. The second-order valence-electron chi connectivity index (χ2n) is 6.53.